The van der Waals surface area contributed by atoms with Gasteiger partial charge in [0.05, 0.1) is 11.5 Å². The predicted molar refractivity (Wildman–Crippen MR) is 128 cm³/mol. The molecule has 1 aromatic carbocycles. The highest BCUT2D eigenvalue weighted by molar-refractivity contribution is 14.0. The van der Waals surface area contributed by atoms with Crippen molar-refractivity contribution in [1.82, 2.24) is 15.5 Å². The first-order valence-corrected chi connectivity index (χ1v) is 10.7. The molecule has 1 aliphatic carbocycles. The second kappa shape index (κ2) is 12.7. The number of non-ortho nitro benzene ring substituents is 1. The number of aliphatic imine (C=N–C) groups is 1. The van der Waals surface area contributed by atoms with E-state index in [1.165, 1.54) is 31.4 Å². The number of rotatable bonds is 8. The molecule has 0 aromatic heterocycles. The molecule has 3 rings (SSSR count). The molecule has 2 fully saturated rings. The van der Waals surface area contributed by atoms with Crippen LogP contribution >= 0.6 is 24.0 Å². The van der Waals surface area contributed by atoms with Crippen LogP contribution in [0.5, 0.6) is 0 Å². The van der Waals surface area contributed by atoms with Crippen LogP contribution in [0.15, 0.2) is 29.3 Å². The molecule has 30 heavy (non-hydrogen) atoms. The smallest absolute Gasteiger partial charge is 0.269 e. The van der Waals surface area contributed by atoms with Crippen molar-refractivity contribution in [1.29, 1.82) is 0 Å². The van der Waals surface area contributed by atoms with E-state index in [2.05, 4.69) is 10.6 Å². The molecule has 8 nitrogen and oxygen atoms in total. The lowest BCUT2D eigenvalue weighted by Gasteiger charge is -2.25. The number of amides is 1. The van der Waals surface area contributed by atoms with Gasteiger partial charge in [0.25, 0.3) is 5.69 Å². The van der Waals surface area contributed by atoms with Crippen molar-refractivity contribution in [3.63, 3.8) is 0 Å². The number of hydrogen-bond donors (Lipinski definition) is 2. The minimum atomic E-state index is -0.393. The number of hydrogen-bond acceptors (Lipinski definition) is 4. The van der Waals surface area contributed by atoms with Crippen LogP contribution < -0.4 is 10.6 Å². The SMILES string of the molecule is I.O=C1CCCN1CCCNC(=NCc1ccc([N+](=O)[O-])cc1)NC1CCCCC1. The van der Waals surface area contributed by atoms with Crippen molar-refractivity contribution in [2.75, 3.05) is 19.6 Å². The first-order valence-electron chi connectivity index (χ1n) is 10.7. The topological polar surface area (TPSA) is 99.9 Å². The molecule has 0 atom stereocenters. The summed E-state index contributed by atoms with van der Waals surface area (Å²) < 4.78 is 0. The molecule has 0 radical (unpaired) electrons. The van der Waals surface area contributed by atoms with Gasteiger partial charge in [-0.2, -0.15) is 0 Å². The Morgan fingerprint density at radius 1 is 1.17 bits per heavy atom. The van der Waals surface area contributed by atoms with E-state index < -0.39 is 4.92 Å². The molecule has 0 bridgehead atoms. The van der Waals surface area contributed by atoms with E-state index in [-0.39, 0.29) is 35.6 Å². The minimum absolute atomic E-state index is 0. The fraction of sp³-hybridized carbons (Fsp3) is 0.619. The standard InChI is InChI=1S/C21H31N5O3.HI/c27-20-8-4-14-25(20)15-5-13-22-21(24-18-6-2-1-3-7-18)23-16-17-9-11-19(12-10-17)26(28)29;/h9-12,18H,1-8,13-16H2,(H2,22,23,24);1H. The van der Waals surface area contributed by atoms with Crippen molar-refractivity contribution >= 4 is 41.5 Å². The number of benzene rings is 1. The molecule has 1 aromatic rings. The third-order valence-corrected chi connectivity index (χ3v) is 5.58. The lowest BCUT2D eigenvalue weighted by Crippen LogP contribution is -2.45. The largest absolute Gasteiger partial charge is 0.356 e. The van der Waals surface area contributed by atoms with Crippen LogP contribution in [0.1, 0.15) is 56.9 Å². The summed E-state index contributed by atoms with van der Waals surface area (Å²) in [5.41, 5.74) is 1.02. The average molecular weight is 529 g/mol. The van der Waals surface area contributed by atoms with Gasteiger partial charge in [-0.25, -0.2) is 4.99 Å². The van der Waals surface area contributed by atoms with Crippen LogP contribution in [0.25, 0.3) is 0 Å². The minimum Gasteiger partial charge on any atom is -0.356 e. The molecule has 1 aliphatic heterocycles. The third kappa shape index (κ3) is 7.73. The molecular formula is C21H32IN5O3. The van der Waals surface area contributed by atoms with E-state index in [4.69, 9.17) is 4.99 Å². The highest BCUT2D eigenvalue weighted by Crippen LogP contribution is 2.17. The molecule has 166 valence electrons. The second-order valence-corrected chi connectivity index (χ2v) is 7.83. The molecule has 1 heterocycles. The van der Waals surface area contributed by atoms with Crippen molar-refractivity contribution in [2.24, 2.45) is 4.99 Å². The zero-order valence-electron chi connectivity index (χ0n) is 17.3. The summed E-state index contributed by atoms with van der Waals surface area (Å²) in [4.78, 5) is 28.7. The number of likely N-dealkylation sites (tertiary alicyclic amines) is 1. The van der Waals surface area contributed by atoms with E-state index in [1.54, 1.807) is 12.1 Å². The number of nitro groups is 1. The van der Waals surface area contributed by atoms with E-state index in [1.807, 2.05) is 4.90 Å². The van der Waals surface area contributed by atoms with E-state index >= 15 is 0 Å². The summed E-state index contributed by atoms with van der Waals surface area (Å²) in [5, 5.41) is 17.7. The van der Waals surface area contributed by atoms with Gasteiger partial charge in [0.2, 0.25) is 5.91 Å². The van der Waals surface area contributed by atoms with Crippen LogP contribution in [0.2, 0.25) is 0 Å². The number of nitrogens with zero attached hydrogens (tertiary/aromatic N) is 3. The molecule has 1 saturated heterocycles. The zero-order chi connectivity index (χ0) is 20.5. The first-order chi connectivity index (χ1) is 14.1. The average Bonchev–Trinajstić information content (AvgIpc) is 3.15. The van der Waals surface area contributed by atoms with Gasteiger partial charge in [-0.1, -0.05) is 31.4 Å². The van der Waals surface area contributed by atoms with Gasteiger partial charge in [0.1, 0.15) is 0 Å². The fourth-order valence-corrected chi connectivity index (χ4v) is 3.90. The van der Waals surface area contributed by atoms with Crippen molar-refractivity contribution in [2.45, 2.75) is 64.0 Å². The van der Waals surface area contributed by atoms with Crippen LogP contribution in [-0.2, 0) is 11.3 Å². The Morgan fingerprint density at radius 3 is 2.53 bits per heavy atom. The maximum absolute atomic E-state index is 11.7. The summed E-state index contributed by atoms with van der Waals surface area (Å²) in [6.07, 6.45) is 8.62. The monoisotopic (exact) mass is 529 g/mol. The first kappa shape index (κ1) is 24.4. The van der Waals surface area contributed by atoms with E-state index in [9.17, 15) is 14.9 Å². The normalized spacial score (nSPS) is 17.5. The van der Waals surface area contributed by atoms with E-state index in [0.29, 0.717) is 19.0 Å². The molecule has 1 saturated carbocycles. The van der Waals surface area contributed by atoms with Gasteiger partial charge < -0.3 is 15.5 Å². The summed E-state index contributed by atoms with van der Waals surface area (Å²) in [6.45, 7) is 2.87. The number of carbonyl (C=O) groups is 1. The Bertz CT molecular complexity index is 720. The fourth-order valence-electron chi connectivity index (χ4n) is 3.90. The molecule has 1 amide bonds. The second-order valence-electron chi connectivity index (χ2n) is 7.83. The molecule has 0 spiro atoms. The summed E-state index contributed by atoms with van der Waals surface area (Å²) in [6, 6.07) is 6.96. The van der Waals surface area contributed by atoms with Crippen molar-refractivity contribution < 1.29 is 9.72 Å². The lowest BCUT2D eigenvalue weighted by atomic mass is 9.96. The van der Waals surface area contributed by atoms with Crippen LogP contribution in [-0.4, -0.2) is 47.4 Å². The maximum atomic E-state index is 11.7. The third-order valence-electron chi connectivity index (χ3n) is 5.58. The highest BCUT2D eigenvalue weighted by Gasteiger charge is 2.19. The Morgan fingerprint density at radius 2 is 1.90 bits per heavy atom. The van der Waals surface area contributed by atoms with Gasteiger partial charge in [-0.3, -0.25) is 14.9 Å². The number of carbonyl (C=O) groups excluding carboxylic acids is 1. The van der Waals surface area contributed by atoms with Crippen LogP contribution in [0, 0.1) is 10.1 Å². The van der Waals surface area contributed by atoms with Crippen molar-refractivity contribution in [3.8, 4) is 0 Å². The van der Waals surface area contributed by atoms with E-state index in [0.717, 1.165) is 56.8 Å². The maximum Gasteiger partial charge on any atom is 0.269 e. The number of halogens is 1. The van der Waals surface area contributed by atoms with Gasteiger partial charge in [0, 0.05) is 44.2 Å². The highest BCUT2D eigenvalue weighted by atomic mass is 127. The molecule has 9 heteroatoms. The zero-order valence-corrected chi connectivity index (χ0v) is 19.7. The summed E-state index contributed by atoms with van der Waals surface area (Å²) in [7, 11) is 0. The van der Waals surface area contributed by atoms with Crippen LogP contribution in [0.3, 0.4) is 0 Å². The number of nitrogens with one attached hydrogen (secondary N) is 2. The van der Waals surface area contributed by atoms with Crippen molar-refractivity contribution in [3.05, 3.63) is 39.9 Å². The molecule has 2 aliphatic rings. The summed E-state index contributed by atoms with van der Waals surface area (Å²) in [5.74, 6) is 1.04. The molecule has 0 unspecified atom stereocenters. The lowest BCUT2D eigenvalue weighted by molar-refractivity contribution is -0.384. The molecular weight excluding hydrogens is 497 g/mol. The summed E-state index contributed by atoms with van der Waals surface area (Å²) >= 11 is 0. The Labute approximate surface area is 195 Å². The number of guanidine groups is 1. The quantitative estimate of drug-likeness (QED) is 0.134. The Balaban J connectivity index is 0.00000320. The van der Waals surface area contributed by atoms with Gasteiger partial charge in [-0.15, -0.1) is 24.0 Å². The Hall–Kier alpha value is -1.91. The van der Waals surface area contributed by atoms with Gasteiger partial charge in [0.15, 0.2) is 5.96 Å². The predicted octanol–water partition coefficient (Wildman–Crippen LogP) is 3.59. The van der Waals surface area contributed by atoms with Gasteiger partial charge in [-0.05, 0) is 31.2 Å². The van der Waals surface area contributed by atoms with Crippen LogP contribution in [0.4, 0.5) is 5.69 Å². The number of nitro benzene ring substituents is 1. The molecule has 2 N–H and O–H groups in total. The van der Waals surface area contributed by atoms with Gasteiger partial charge >= 0.3 is 0 Å². The Kier molecular flexibility index (Phi) is 10.3.